The predicted molar refractivity (Wildman–Crippen MR) is 61.6 cm³/mol. The van der Waals surface area contributed by atoms with E-state index in [1.165, 1.54) is 6.33 Å². The standard InChI is InChI=1S/C10H13ClN4O/c1-7-9(11)13-6-14-10(7)15-4-2-8(16)12-3-5-15/h6H,2-5H2,1H3,(H,12,16). The lowest BCUT2D eigenvalue weighted by molar-refractivity contribution is -0.120. The van der Waals surface area contributed by atoms with Crippen molar-refractivity contribution in [3.05, 3.63) is 17.0 Å². The second-order valence-electron chi connectivity index (χ2n) is 3.70. The lowest BCUT2D eigenvalue weighted by Gasteiger charge is -2.22. The van der Waals surface area contributed by atoms with Crippen molar-refractivity contribution in [3.8, 4) is 0 Å². The van der Waals surface area contributed by atoms with Gasteiger partial charge in [-0.05, 0) is 6.92 Å². The van der Waals surface area contributed by atoms with Gasteiger partial charge in [-0.15, -0.1) is 0 Å². The van der Waals surface area contributed by atoms with Crippen LogP contribution in [0.3, 0.4) is 0 Å². The normalized spacial score (nSPS) is 16.9. The van der Waals surface area contributed by atoms with Gasteiger partial charge >= 0.3 is 0 Å². The predicted octanol–water partition coefficient (Wildman–Crippen LogP) is 0.765. The Bertz CT molecular complexity index is 410. The third kappa shape index (κ3) is 2.24. The molecule has 0 atom stereocenters. The van der Waals surface area contributed by atoms with Crippen molar-refractivity contribution in [2.75, 3.05) is 24.5 Å². The van der Waals surface area contributed by atoms with Gasteiger partial charge in [0.2, 0.25) is 5.91 Å². The molecule has 0 bridgehead atoms. The van der Waals surface area contributed by atoms with Crippen molar-refractivity contribution < 1.29 is 4.79 Å². The second kappa shape index (κ2) is 4.65. The van der Waals surface area contributed by atoms with E-state index < -0.39 is 0 Å². The van der Waals surface area contributed by atoms with Gasteiger partial charge in [0.25, 0.3) is 0 Å². The quantitative estimate of drug-likeness (QED) is 0.737. The molecule has 2 rings (SSSR count). The maximum atomic E-state index is 11.2. The summed E-state index contributed by atoms with van der Waals surface area (Å²) in [5.74, 6) is 0.900. The Labute approximate surface area is 98.8 Å². The van der Waals surface area contributed by atoms with Crippen molar-refractivity contribution in [1.82, 2.24) is 15.3 Å². The highest BCUT2D eigenvalue weighted by Crippen LogP contribution is 2.22. The zero-order valence-corrected chi connectivity index (χ0v) is 9.79. The number of aromatic nitrogens is 2. The molecule has 0 spiro atoms. The summed E-state index contributed by atoms with van der Waals surface area (Å²) in [6.07, 6.45) is 1.94. The molecule has 0 unspecified atom stereocenters. The average molecular weight is 241 g/mol. The topological polar surface area (TPSA) is 58.1 Å². The summed E-state index contributed by atoms with van der Waals surface area (Å²) in [4.78, 5) is 21.4. The van der Waals surface area contributed by atoms with E-state index in [0.29, 0.717) is 24.7 Å². The molecule has 0 aromatic carbocycles. The average Bonchev–Trinajstić information content (AvgIpc) is 2.47. The van der Waals surface area contributed by atoms with Crippen LogP contribution in [-0.4, -0.2) is 35.5 Å². The lowest BCUT2D eigenvalue weighted by Crippen LogP contribution is -2.29. The Morgan fingerprint density at radius 2 is 2.25 bits per heavy atom. The number of nitrogens with zero attached hydrogens (tertiary/aromatic N) is 3. The summed E-state index contributed by atoms with van der Waals surface area (Å²) in [7, 11) is 0. The first kappa shape index (κ1) is 11.1. The molecule has 0 radical (unpaired) electrons. The van der Waals surface area contributed by atoms with Crippen LogP contribution < -0.4 is 10.2 Å². The number of rotatable bonds is 1. The van der Waals surface area contributed by atoms with Crippen LogP contribution in [0.5, 0.6) is 0 Å². The smallest absolute Gasteiger partial charge is 0.221 e. The highest BCUT2D eigenvalue weighted by molar-refractivity contribution is 6.30. The van der Waals surface area contributed by atoms with Crippen molar-refractivity contribution in [1.29, 1.82) is 0 Å². The van der Waals surface area contributed by atoms with Crippen molar-refractivity contribution >= 4 is 23.3 Å². The van der Waals surface area contributed by atoms with Gasteiger partial charge in [0.05, 0.1) is 0 Å². The minimum Gasteiger partial charge on any atom is -0.354 e. The summed E-state index contributed by atoms with van der Waals surface area (Å²) in [5.41, 5.74) is 0.860. The maximum absolute atomic E-state index is 11.2. The van der Waals surface area contributed by atoms with Crippen LogP contribution in [0, 0.1) is 6.92 Å². The largest absolute Gasteiger partial charge is 0.354 e. The molecule has 2 heterocycles. The molecule has 16 heavy (non-hydrogen) atoms. The van der Waals surface area contributed by atoms with E-state index in [1.807, 2.05) is 6.92 Å². The zero-order valence-electron chi connectivity index (χ0n) is 9.03. The minimum absolute atomic E-state index is 0.0836. The molecule has 0 saturated carbocycles. The van der Waals surface area contributed by atoms with Gasteiger partial charge in [-0.3, -0.25) is 4.79 Å². The zero-order chi connectivity index (χ0) is 11.5. The Kier molecular flexibility index (Phi) is 3.24. The molecule has 1 fully saturated rings. The van der Waals surface area contributed by atoms with Gasteiger partial charge in [0.1, 0.15) is 17.3 Å². The van der Waals surface area contributed by atoms with Crippen molar-refractivity contribution in [2.24, 2.45) is 0 Å². The number of carbonyl (C=O) groups excluding carboxylic acids is 1. The molecular formula is C10H13ClN4O. The van der Waals surface area contributed by atoms with E-state index in [1.54, 1.807) is 0 Å². The summed E-state index contributed by atoms with van der Waals surface area (Å²) in [6.45, 7) is 3.94. The summed E-state index contributed by atoms with van der Waals surface area (Å²) in [6, 6.07) is 0. The summed E-state index contributed by atoms with van der Waals surface area (Å²) >= 11 is 5.94. The Hall–Kier alpha value is -1.36. The number of anilines is 1. The number of amides is 1. The summed E-state index contributed by atoms with van der Waals surface area (Å²) < 4.78 is 0. The number of hydrogen-bond acceptors (Lipinski definition) is 4. The number of halogens is 1. The maximum Gasteiger partial charge on any atom is 0.221 e. The molecule has 1 saturated heterocycles. The first-order chi connectivity index (χ1) is 7.68. The molecule has 5 nitrogen and oxygen atoms in total. The lowest BCUT2D eigenvalue weighted by atomic mass is 10.3. The fourth-order valence-electron chi connectivity index (χ4n) is 1.72. The molecule has 1 aliphatic rings. The number of hydrogen-bond donors (Lipinski definition) is 1. The molecule has 1 aromatic heterocycles. The third-order valence-electron chi connectivity index (χ3n) is 2.61. The Morgan fingerprint density at radius 1 is 1.44 bits per heavy atom. The van der Waals surface area contributed by atoms with E-state index in [2.05, 4.69) is 20.2 Å². The van der Waals surface area contributed by atoms with E-state index in [4.69, 9.17) is 11.6 Å². The molecule has 1 amide bonds. The third-order valence-corrected chi connectivity index (χ3v) is 2.99. The van der Waals surface area contributed by atoms with E-state index in [-0.39, 0.29) is 5.91 Å². The van der Waals surface area contributed by atoms with E-state index in [0.717, 1.165) is 17.9 Å². The number of nitrogens with one attached hydrogen (secondary N) is 1. The van der Waals surface area contributed by atoms with Crippen LogP contribution in [-0.2, 0) is 4.79 Å². The molecule has 1 aliphatic heterocycles. The second-order valence-corrected chi connectivity index (χ2v) is 4.06. The van der Waals surface area contributed by atoms with Gasteiger partial charge in [-0.1, -0.05) is 11.6 Å². The molecule has 0 aliphatic carbocycles. The highest BCUT2D eigenvalue weighted by atomic mass is 35.5. The van der Waals surface area contributed by atoms with Gasteiger partial charge in [-0.2, -0.15) is 0 Å². The van der Waals surface area contributed by atoms with Crippen molar-refractivity contribution in [3.63, 3.8) is 0 Å². The van der Waals surface area contributed by atoms with Gasteiger partial charge in [-0.25, -0.2) is 9.97 Å². The fourth-order valence-corrected chi connectivity index (χ4v) is 1.85. The van der Waals surface area contributed by atoms with E-state index >= 15 is 0 Å². The Morgan fingerprint density at radius 3 is 3.06 bits per heavy atom. The minimum atomic E-state index is 0.0836. The molecule has 86 valence electrons. The van der Waals surface area contributed by atoms with Gasteiger partial charge in [0, 0.05) is 31.6 Å². The first-order valence-corrected chi connectivity index (χ1v) is 5.55. The van der Waals surface area contributed by atoms with E-state index in [9.17, 15) is 4.79 Å². The molecule has 1 N–H and O–H groups in total. The Balaban J connectivity index is 2.23. The van der Waals surface area contributed by atoms with Crippen LogP contribution >= 0.6 is 11.6 Å². The first-order valence-electron chi connectivity index (χ1n) is 5.17. The van der Waals surface area contributed by atoms with Crippen LogP contribution in [0.15, 0.2) is 6.33 Å². The van der Waals surface area contributed by atoms with Crippen LogP contribution in [0.4, 0.5) is 5.82 Å². The molecule has 1 aromatic rings. The molecular weight excluding hydrogens is 228 g/mol. The van der Waals surface area contributed by atoms with Crippen LogP contribution in [0.25, 0.3) is 0 Å². The molecule has 6 heteroatoms. The monoisotopic (exact) mass is 240 g/mol. The summed E-state index contributed by atoms with van der Waals surface area (Å²) in [5, 5.41) is 3.29. The SMILES string of the molecule is Cc1c(Cl)ncnc1N1CCNC(=O)CC1. The van der Waals surface area contributed by atoms with Crippen LogP contribution in [0.2, 0.25) is 5.15 Å². The van der Waals surface area contributed by atoms with Gasteiger partial charge < -0.3 is 10.2 Å². The van der Waals surface area contributed by atoms with Crippen LogP contribution in [0.1, 0.15) is 12.0 Å². The highest BCUT2D eigenvalue weighted by Gasteiger charge is 2.17. The number of carbonyl (C=O) groups is 1. The fraction of sp³-hybridized carbons (Fsp3) is 0.500. The van der Waals surface area contributed by atoms with Crippen molar-refractivity contribution in [2.45, 2.75) is 13.3 Å². The van der Waals surface area contributed by atoms with Gasteiger partial charge in [0.15, 0.2) is 0 Å².